The van der Waals surface area contributed by atoms with Crippen LogP contribution in [0.1, 0.15) is 28.8 Å². The Balaban J connectivity index is 1.43. The molecule has 24 heavy (non-hydrogen) atoms. The van der Waals surface area contributed by atoms with Crippen LogP contribution in [-0.2, 0) is 6.54 Å². The zero-order valence-corrected chi connectivity index (χ0v) is 14.2. The molecule has 0 bridgehead atoms. The number of para-hydroxylation sites is 1. The van der Waals surface area contributed by atoms with Crippen molar-refractivity contribution in [2.75, 3.05) is 18.4 Å². The van der Waals surface area contributed by atoms with Gasteiger partial charge in [-0.1, -0.05) is 35.6 Å². The zero-order chi connectivity index (χ0) is 16.4. The molecule has 1 fully saturated rings. The molecule has 3 aromatic rings. The van der Waals surface area contributed by atoms with Gasteiger partial charge < -0.3 is 0 Å². The Morgan fingerprint density at radius 1 is 1.08 bits per heavy atom. The SMILES string of the molecule is O=C(Nc1nc2ccccc2s1)c1ccc(CN2CCCC2)cc1. The number of likely N-dealkylation sites (tertiary alicyclic amines) is 1. The highest BCUT2D eigenvalue weighted by molar-refractivity contribution is 7.22. The highest BCUT2D eigenvalue weighted by Gasteiger charge is 2.13. The van der Waals surface area contributed by atoms with E-state index in [1.165, 1.54) is 42.8 Å². The van der Waals surface area contributed by atoms with E-state index in [2.05, 4.69) is 15.2 Å². The van der Waals surface area contributed by atoms with Crippen LogP contribution >= 0.6 is 11.3 Å². The van der Waals surface area contributed by atoms with E-state index < -0.39 is 0 Å². The molecule has 1 aliphatic rings. The molecule has 1 amide bonds. The number of carbonyl (C=O) groups excluding carboxylic acids is 1. The van der Waals surface area contributed by atoms with Crippen molar-refractivity contribution in [1.82, 2.24) is 9.88 Å². The summed E-state index contributed by atoms with van der Waals surface area (Å²) in [7, 11) is 0. The van der Waals surface area contributed by atoms with Gasteiger partial charge in [-0.2, -0.15) is 0 Å². The second kappa shape index (κ2) is 6.71. The average Bonchev–Trinajstić information content (AvgIpc) is 3.24. The summed E-state index contributed by atoms with van der Waals surface area (Å²) in [5.74, 6) is -0.109. The molecular weight excluding hydrogens is 318 g/mol. The van der Waals surface area contributed by atoms with Gasteiger partial charge in [-0.05, 0) is 55.8 Å². The largest absolute Gasteiger partial charge is 0.299 e. The summed E-state index contributed by atoms with van der Waals surface area (Å²) in [6.07, 6.45) is 2.59. The summed E-state index contributed by atoms with van der Waals surface area (Å²) in [5, 5.41) is 3.54. The van der Waals surface area contributed by atoms with Gasteiger partial charge in [0.15, 0.2) is 5.13 Å². The summed E-state index contributed by atoms with van der Waals surface area (Å²) in [6.45, 7) is 3.33. The summed E-state index contributed by atoms with van der Waals surface area (Å²) >= 11 is 1.50. The van der Waals surface area contributed by atoms with Crippen molar-refractivity contribution in [3.05, 3.63) is 59.7 Å². The van der Waals surface area contributed by atoms with Crippen LogP contribution in [0.15, 0.2) is 48.5 Å². The minimum absolute atomic E-state index is 0.109. The fraction of sp³-hybridized carbons (Fsp3) is 0.263. The first-order chi connectivity index (χ1) is 11.8. The molecule has 122 valence electrons. The number of fused-ring (bicyclic) bond motifs is 1. The minimum atomic E-state index is -0.109. The lowest BCUT2D eigenvalue weighted by Gasteiger charge is -2.14. The molecule has 1 N–H and O–H groups in total. The van der Waals surface area contributed by atoms with Gasteiger partial charge >= 0.3 is 0 Å². The Labute approximate surface area is 145 Å². The van der Waals surface area contributed by atoms with Crippen LogP contribution in [0.3, 0.4) is 0 Å². The van der Waals surface area contributed by atoms with Crippen molar-refractivity contribution < 1.29 is 4.79 Å². The number of amides is 1. The molecule has 2 aromatic carbocycles. The van der Waals surface area contributed by atoms with E-state index in [0.29, 0.717) is 10.7 Å². The Morgan fingerprint density at radius 3 is 2.58 bits per heavy atom. The van der Waals surface area contributed by atoms with Gasteiger partial charge in [-0.3, -0.25) is 15.0 Å². The van der Waals surface area contributed by atoms with Crippen LogP contribution in [0.5, 0.6) is 0 Å². The number of thiazole rings is 1. The molecule has 0 spiro atoms. The van der Waals surface area contributed by atoms with Crippen molar-refractivity contribution in [3.8, 4) is 0 Å². The van der Waals surface area contributed by atoms with Gasteiger partial charge in [0.05, 0.1) is 10.2 Å². The van der Waals surface area contributed by atoms with Gasteiger partial charge in [0.1, 0.15) is 0 Å². The standard InChI is InChI=1S/C19H19N3OS/c23-18(21-19-20-16-5-1-2-6-17(16)24-19)15-9-7-14(8-10-15)13-22-11-3-4-12-22/h1-2,5-10H,3-4,11-13H2,(H,20,21,23). The zero-order valence-electron chi connectivity index (χ0n) is 13.4. The van der Waals surface area contributed by atoms with Gasteiger partial charge in [-0.15, -0.1) is 0 Å². The van der Waals surface area contributed by atoms with E-state index in [-0.39, 0.29) is 5.91 Å². The summed E-state index contributed by atoms with van der Waals surface area (Å²) < 4.78 is 1.08. The molecule has 1 aliphatic heterocycles. The monoisotopic (exact) mass is 337 g/mol. The first-order valence-corrected chi connectivity index (χ1v) is 9.08. The number of nitrogens with one attached hydrogen (secondary N) is 1. The number of benzene rings is 2. The van der Waals surface area contributed by atoms with Gasteiger partial charge in [0.2, 0.25) is 0 Å². The second-order valence-electron chi connectivity index (χ2n) is 6.12. The maximum Gasteiger partial charge on any atom is 0.257 e. The molecular formula is C19H19N3OS. The lowest BCUT2D eigenvalue weighted by atomic mass is 10.1. The quantitative estimate of drug-likeness (QED) is 0.778. The second-order valence-corrected chi connectivity index (χ2v) is 7.15. The molecule has 2 heterocycles. The Hall–Kier alpha value is -2.24. The van der Waals surface area contributed by atoms with Crippen LogP contribution in [0, 0.1) is 0 Å². The smallest absolute Gasteiger partial charge is 0.257 e. The molecule has 0 saturated carbocycles. The predicted molar refractivity (Wildman–Crippen MR) is 98.5 cm³/mol. The minimum Gasteiger partial charge on any atom is -0.299 e. The first kappa shape index (κ1) is 15.3. The highest BCUT2D eigenvalue weighted by Crippen LogP contribution is 2.25. The molecule has 1 aromatic heterocycles. The normalized spacial score (nSPS) is 15.0. The third-order valence-electron chi connectivity index (χ3n) is 4.34. The summed E-state index contributed by atoms with van der Waals surface area (Å²) in [5.41, 5.74) is 2.84. The van der Waals surface area contributed by atoms with E-state index in [1.54, 1.807) is 0 Å². The third-order valence-corrected chi connectivity index (χ3v) is 5.29. The molecule has 1 saturated heterocycles. The van der Waals surface area contributed by atoms with Gasteiger partial charge in [0, 0.05) is 12.1 Å². The molecule has 0 aliphatic carbocycles. The maximum atomic E-state index is 12.4. The topological polar surface area (TPSA) is 45.2 Å². The average molecular weight is 337 g/mol. The van der Waals surface area contributed by atoms with E-state index in [1.807, 2.05) is 48.5 Å². The van der Waals surface area contributed by atoms with Crippen molar-refractivity contribution in [3.63, 3.8) is 0 Å². The number of carbonyl (C=O) groups is 1. The lowest BCUT2D eigenvalue weighted by Crippen LogP contribution is -2.18. The fourth-order valence-electron chi connectivity index (χ4n) is 3.06. The molecule has 4 rings (SSSR count). The molecule has 0 unspecified atom stereocenters. The predicted octanol–water partition coefficient (Wildman–Crippen LogP) is 4.14. The summed E-state index contributed by atoms with van der Waals surface area (Å²) in [4.78, 5) is 19.3. The number of anilines is 1. The third kappa shape index (κ3) is 3.32. The van der Waals surface area contributed by atoms with E-state index in [9.17, 15) is 4.79 Å². The molecule has 4 nitrogen and oxygen atoms in total. The van der Waals surface area contributed by atoms with Gasteiger partial charge in [0.25, 0.3) is 5.91 Å². The van der Waals surface area contributed by atoms with Crippen molar-refractivity contribution >= 4 is 32.6 Å². The van der Waals surface area contributed by atoms with Crippen LogP contribution < -0.4 is 5.32 Å². The highest BCUT2D eigenvalue weighted by atomic mass is 32.1. The number of nitrogens with zero attached hydrogens (tertiary/aromatic N) is 2. The van der Waals surface area contributed by atoms with Crippen molar-refractivity contribution in [1.29, 1.82) is 0 Å². The number of hydrogen-bond acceptors (Lipinski definition) is 4. The summed E-state index contributed by atoms with van der Waals surface area (Å²) in [6, 6.07) is 15.8. The number of rotatable bonds is 4. The van der Waals surface area contributed by atoms with Crippen LogP contribution in [-0.4, -0.2) is 28.9 Å². The lowest BCUT2D eigenvalue weighted by molar-refractivity contribution is 0.102. The van der Waals surface area contributed by atoms with E-state index in [0.717, 1.165) is 16.8 Å². The van der Waals surface area contributed by atoms with Gasteiger partial charge in [-0.25, -0.2) is 4.98 Å². The van der Waals surface area contributed by atoms with E-state index in [4.69, 9.17) is 0 Å². The Morgan fingerprint density at radius 2 is 1.83 bits per heavy atom. The number of hydrogen-bond donors (Lipinski definition) is 1. The van der Waals surface area contributed by atoms with E-state index >= 15 is 0 Å². The van der Waals surface area contributed by atoms with Crippen LogP contribution in [0.4, 0.5) is 5.13 Å². The number of aromatic nitrogens is 1. The van der Waals surface area contributed by atoms with Crippen LogP contribution in [0.2, 0.25) is 0 Å². The van der Waals surface area contributed by atoms with Crippen molar-refractivity contribution in [2.45, 2.75) is 19.4 Å². The fourth-order valence-corrected chi connectivity index (χ4v) is 3.92. The van der Waals surface area contributed by atoms with Crippen molar-refractivity contribution in [2.24, 2.45) is 0 Å². The molecule has 5 heteroatoms. The Kier molecular flexibility index (Phi) is 4.28. The van der Waals surface area contributed by atoms with Crippen LogP contribution in [0.25, 0.3) is 10.2 Å². The first-order valence-electron chi connectivity index (χ1n) is 8.26. The Bertz CT molecular complexity index is 817. The molecule has 0 atom stereocenters. The molecule has 0 radical (unpaired) electrons. The maximum absolute atomic E-state index is 12.4.